The second-order valence-corrected chi connectivity index (χ2v) is 11.9. The van der Waals surface area contributed by atoms with Crippen molar-refractivity contribution >= 4 is 26.2 Å². The monoisotopic (exact) mass is 562 g/mol. The summed E-state index contributed by atoms with van der Waals surface area (Å²) < 4.78 is 72.7. The van der Waals surface area contributed by atoms with Crippen LogP contribution in [0.25, 0.3) is 0 Å². The van der Waals surface area contributed by atoms with Crippen LogP contribution in [0.5, 0.6) is 0 Å². The fourth-order valence-corrected chi connectivity index (χ4v) is 5.71. The van der Waals surface area contributed by atoms with Crippen molar-refractivity contribution in [2.75, 3.05) is 6.61 Å². The van der Waals surface area contributed by atoms with Gasteiger partial charge in [-0.25, -0.2) is 4.79 Å². The summed E-state index contributed by atoms with van der Waals surface area (Å²) in [6.07, 6.45) is -6.49. The highest BCUT2D eigenvalue weighted by molar-refractivity contribution is 7.87. The Kier molecular flexibility index (Phi) is 8.31. The van der Waals surface area contributed by atoms with Gasteiger partial charge in [0.2, 0.25) is 0 Å². The topological polar surface area (TPSA) is 143 Å². The Balaban J connectivity index is 1.59. The van der Waals surface area contributed by atoms with Gasteiger partial charge in [-0.05, 0) is 50.2 Å². The molecule has 0 bridgehead atoms. The number of rotatable bonds is 9. The van der Waals surface area contributed by atoms with Crippen LogP contribution in [0.3, 0.4) is 0 Å². The first-order valence-corrected chi connectivity index (χ1v) is 14.3. The van der Waals surface area contributed by atoms with E-state index in [1.165, 1.54) is 36.4 Å². The Labute approximate surface area is 221 Å². The van der Waals surface area contributed by atoms with E-state index in [-0.39, 0.29) is 15.4 Å². The van der Waals surface area contributed by atoms with Gasteiger partial charge in [-0.3, -0.25) is 8.37 Å². The van der Waals surface area contributed by atoms with Gasteiger partial charge in [0, 0.05) is 0 Å². The number of carbonyl (C=O) groups is 1. The van der Waals surface area contributed by atoms with Crippen LogP contribution in [0.1, 0.15) is 21.5 Å². The van der Waals surface area contributed by atoms with Gasteiger partial charge in [-0.1, -0.05) is 53.6 Å². The average molecular weight is 563 g/mol. The van der Waals surface area contributed by atoms with E-state index in [1.54, 1.807) is 56.3 Å². The summed E-state index contributed by atoms with van der Waals surface area (Å²) in [6, 6.07) is 19.5. The molecule has 1 saturated heterocycles. The van der Waals surface area contributed by atoms with Gasteiger partial charge in [0.15, 0.2) is 12.4 Å². The van der Waals surface area contributed by atoms with Crippen molar-refractivity contribution in [3.8, 4) is 0 Å². The zero-order chi connectivity index (χ0) is 27.5. The normalized spacial score (nSPS) is 21.8. The predicted octanol–water partition coefficient (Wildman–Crippen LogP) is 2.73. The van der Waals surface area contributed by atoms with Gasteiger partial charge >= 0.3 is 5.97 Å². The van der Waals surface area contributed by atoms with Crippen molar-refractivity contribution in [3.63, 3.8) is 0 Å². The Morgan fingerprint density at radius 1 is 0.789 bits per heavy atom. The summed E-state index contributed by atoms with van der Waals surface area (Å²) in [5, 5.41) is 10.5. The summed E-state index contributed by atoms with van der Waals surface area (Å²) in [5.41, 5.74) is 1.79. The average Bonchev–Trinajstić information content (AvgIpc) is 3.17. The van der Waals surface area contributed by atoms with Gasteiger partial charge in [-0.15, -0.1) is 0 Å². The van der Waals surface area contributed by atoms with Crippen molar-refractivity contribution in [2.45, 2.75) is 48.2 Å². The van der Waals surface area contributed by atoms with Crippen molar-refractivity contribution in [3.05, 3.63) is 95.6 Å². The first-order chi connectivity index (χ1) is 18.0. The van der Waals surface area contributed by atoms with E-state index in [0.717, 1.165) is 11.1 Å². The van der Waals surface area contributed by atoms with Crippen LogP contribution in [-0.4, -0.2) is 59.1 Å². The smallest absolute Gasteiger partial charge is 0.338 e. The minimum Gasteiger partial charge on any atom is -0.450 e. The molecule has 3 aromatic carbocycles. The molecule has 1 fully saturated rings. The third-order valence-corrected chi connectivity index (χ3v) is 8.40. The number of carbonyl (C=O) groups excluding carboxylic acids is 1. The number of aliphatic hydroxyl groups excluding tert-OH is 1. The minimum absolute atomic E-state index is 0.126. The number of aryl methyl sites for hydroxylation is 2. The molecule has 1 aliphatic heterocycles. The van der Waals surface area contributed by atoms with Crippen molar-refractivity contribution in [1.82, 2.24) is 0 Å². The third-order valence-electron chi connectivity index (χ3n) is 5.78. The molecule has 4 rings (SSSR count). The van der Waals surface area contributed by atoms with Crippen molar-refractivity contribution in [2.24, 2.45) is 0 Å². The molecule has 4 unspecified atom stereocenters. The molecule has 4 atom stereocenters. The fourth-order valence-electron chi connectivity index (χ4n) is 3.69. The quantitative estimate of drug-likeness (QED) is 0.305. The lowest BCUT2D eigenvalue weighted by molar-refractivity contribution is -0.133. The van der Waals surface area contributed by atoms with Gasteiger partial charge in [0.05, 0.1) is 22.0 Å². The van der Waals surface area contributed by atoms with E-state index in [4.69, 9.17) is 17.8 Å². The van der Waals surface area contributed by atoms with E-state index in [9.17, 15) is 26.7 Å². The van der Waals surface area contributed by atoms with Gasteiger partial charge in [0.1, 0.15) is 12.2 Å². The maximum atomic E-state index is 13.0. The molecule has 0 spiro atoms. The Morgan fingerprint density at radius 2 is 1.32 bits per heavy atom. The molecule has 1 N–H and O–H groups in total. The van der Waals surface area contributed by atoms with E-state index < -0.39 is 57.4 Å². The van der Waals surface area contributed by atoms with Crippen LogP contribution in [0.4, 0.5) is 0 Å². The van der Waals surface area contributed by atoms with Crippen LogP contribution in [0, 0.1) is 13.8 Å². The number of aliphatic hydroxyl groups is 1. The number of hydrogen-bond donors (Lipinski definition) is 1. The fraction of sp³-hybridized carbons (Fsp3) is 0.269. The van der Waals surface area contributed by atoms with Gasteiger partial charge in [0.25, 0.3) is 20.2 Å². The molecule has 0 saturated carbocycles. The highest BCUT2D eigenvalue weighted by atomic mass is 32.2. The number of ether oxygens (including phenoxy) is 2. The van der Waals surface area contributed by atoms with E-state index in [0.29, 0.717) is 0 Å². The zero-order valence-electron chi connectivity index (χ0n) is 20.5. The van der Waals surface area contributed by atoms with Crippen LogP contribution in [-0.2, 0) is 38.1 Å². The number of esters is 1. The molecule has 0 aromatic heterocycles. The molecular formula is C26H26O10S2. The molecule has 0 aliphatic carbocycles. The largest absolute Gasteiger partial charge is 0.450 e. The summed E-state index contributed by atoms with van der Waals surface area (Å²) in [6.45, 7) is 2.85. The molecule has 0 amide bonds. The Morgan fingerprint density at radius 3 is 1.87 bits per heavy atom. The second kappa shape index (κ2) is 11.3. The molecule has 1 aliphatic rings. The maximum Gasteiger partial charge on any atom is 0.338 e. The second-order valence-electron chi connectivity index (χ2n) is 8.68. The molecule has 12 heteroatoms. The van der Waals surface area contributed by atoms with Crippen LogP contribution in [0.2, 0.25) is 0 Å². The number of hydrogen-bond acceptors (Lipinski definition) is 10. The molecule has 1 heterocycles. The summed E-state index contributed by atoms with van der Waals surface area (Å²) in [7, 11) is -8.71. The lowest BCUT2D eigenvalue weighted by Crippen LogP contribution is -2.42. The van der Waals surface area contributed by atoms with Crippen LogP contribution in [0.15, 0.2) is 88.7 Å². The SMILES string of the molecule is Cc1ccc(S(=O)(=O)OCC2OC(O)C(OC(=O)c3ccccc3)C2OS(=O)(=O)c2ccc(C)cc2)cc1. The van der Waals surface area contributed by atoms with Gasteiger partial charge in [-0.2, -0.15) is 16.8 Å². The standard InChI is InChI=1S/C26H26O10S2/c1-17-8-12-20(13-9-17)37(29,30)33-16-22-23(36-38(31,32)21-14-10-18(2)11-15-21)24(26(28)34-22)35-25(27)19-6-4-3-5-7-19/h3-15,22-24,26,28H,16H2,1-2H3. The van der Waals surface area contributed by atoms with Crippen molar-refractivity contribution < 1.29 is 44.6 Å². The van der Waals surface area contributed by atoms with Crippen molar-refractivity contribution in [1.29, 1.82) is 0 Å². The van der Waals surface area contributed by atoms with Crippen LogP contribution >= 0.6 is 0 Å². The summed E-state index contributed by atoms with van der Waals surface area (Å²) >= 11 is 0. The first-order valence-electron chi connectivity index (χ1n) is 11.5. The Hall–Kier alpha value is -3.13. The van der Waals surface area contributed by atoms with Gasteiger partial charge < -0.3 is 14.6 Å². The lowest BCUT2D eigenvalue weighted by atomic mass is 10.1. The summed E-state index contributed by atoms with van der Waals surface area (Å²) in [4.78, 5) is 12.4. The van der Waals surface area contributed by atoms with E-state index in [2.05, 4.69) is 0 Å². The van der Waals surface area contributed by atoms with Crippen LogP contribution < -0.4 is 0 Å². The Bertz CT molecular complexity index is 1470. The first kappa shape index (κ1) is 27.9. The highest BCUT2D eigenvalue weighted by Gasteiger charge is 2.50. The maximum absolute atomic E-state index is 13.0. The minimum atomic E-state index is -4.45. The van der Waals surface area contributed by atoms with E-state index >= 15 is 0 Å². The molecule has 3 aromatic rings. The highest BCUT2D eigenvalue weighted by Crippen LogP contribution is 2.30. The van der Waals surface area contributed by atoms with E-state index in [1.807, 2.05) is 0 Å². The third kappa shape index (κ3) is 6.46. The zero-order valence-corrected chi connectivity index (χ0v) is 22.1. The predicted molar refractivity (Wildman–Crippen MR) is 134 cm³/mol. The molecule has 202 valence electrons. The molecular weight excluding hydrogens is 536 g/mol. The molecule has 10 nitrogen and oxygen atoms in total. The lowest BCUT2D eigenvalue weighted by Gasteiger charge is -2.23. The summed E-state index contributed by atoms with van der Waals surface area (Å²) in [5.74, 6) is -0.867. The number of benzene rings is 3. The molecule has 0 radical (unpaired) electrons. The molecule has 38 heavy (non-hydrogen) atoms.